The van der Waals surface area contributed by atoms with E-state index in [1.165, 1.54) is 0 Å². The minimum absolute atomic E-state index is 0.181. The fourth-order valence-electron chi connectivity index (χ4n) is 2.21. The number of likely N-dealkylation sites (tertiary alicyclic amines) is 1. The molecular formula is C13H15BrINO. The van der Waals surface area contributed by atoms with Gasteiger partial charge in [0.25, 0.3) is 5.91 Å². The number of rotatable bonds is 3. The molecular weight excluding hydrogens is 393 g/mol. The van der Waals surface area contributed by atoms with Crippen LogP contribution in [0.3, 0.4) is 0 Å². The Hall–Kier alpha value is -0.100. The van der Waals surface area contributed by atoms with Gasteiger partial charge in [0.2, 0.25) is 0 Å². The molecule has 1 aromatic rings. The topological polar surface area (TPSA) is 20.3 Å². The van der Waals surface area contributed by atoms with Crippen LogP contribution in [0.4, 0.5) is 0 Å². The zero-order valence-corrected chi connectivity index (χ0v) is 13.3. The number of hydrogen-bond acceptors (Lipinski definition) is 1. The summed E-state index contributed by atoms with van der Waals surface area (Å²) in [6.45, 7) is 1.82. The van der Waals surface area contributed by atoms with Gasteiger partial charge < -0.3 is 4.90 Å². The molecule has 1 unspecified atom stereocenters. The molecule has 1 amide bonds. The number of alkyl halides is 1. The van der Waals surface area contributed by atoms with Crippen molar-refractivity contribution in [2.45, 2.75) is 12.8 Å². The summed E-state index contributed by atoms with van der Waals surface area (Å²) in [6, 6.07) is 7.82. The van der Waals surface area contributed by atoms with Gasteiger partial charge in [-0.2, -0.15) is 0 Å². The molecule has 0 saturated carbocycles. The summed E-state index contributed by atoms with van der Waals surface area (Å²) in [4.78, 5) is 14.2. The van der Waals surface area contributed by atoms with E-state index in [4.69, 9.17) is 0 Å². The molecule has 4 heteroatoms. The molecule has 1 fully saturated rings. The molecule has 1 heterocycles. The molecule has 0 aromatic heterocycles. The lowest BCUT2D eigenvalue weighted by Crippen LogP contribution is -2.28. The van der Waals surface area contributed by atoms with Gasteiger partial charge in [0.15, 0.2) is 0 Å². The highest BCUT2D eigenvalue weighted by molar-refractivity contribution is 14.1. The van der Waals surface area contributed by atoms with E-state index in [0.29, 0.717) is 5.92 Å². The van der Waals surface area contributed by atoms with Gasteiger partial charge in [0.1, 0.15) is 0 Å². The van der Waals surface area contributed by atoms with E-state index >= 15 is 0 Å². The SMILES string of the molecule is O=C(c1cccc(I)c1)N1CCC(CCBr)C1. The lowest BCUT2D eigenvalue weighted by Gasteiger charge is -2.16. The van der Waals surface area contributed by atoms with Gasteiger partial charge >= 0.3 is 0 Å². The predicted molar refractivity (Wildman–Crippen MR) is 81.6 cm³/mol. The van der Waals surface area contributed by atoms with E-state index in [0.717, 1.165) is 40.4 Å². The maximum atomic E-state index is 12.3. The number of halogens is 2. The zero-order valence-electron chi connectivity index (χ0n) is 9.53. The fraction of sp³-hybridized carbons (Fsp3) is 0.462. The Morgan fingerprint density at radius 1 is 1.53 bits per heavy atom. The van der Waals surface area contributed by atoms with Crippen LogP contribution in [0.2, 0.25) is 0 Å². The van der Waals surface area contributed by atoms with Crippen LogP contribution in [-0.2, 0) is 0 Å². The van der Waals surface area contributed by atoms with Crippen molar-refractivity contribution in [3.05, 3.63) is 33.4 Å². The van der Waals surface area contributed by atoms with Crippen LogP contribution in [0, 0.1) is 9.49 Å². The van der Waals surface area contributed by atoms with Crippen LogP contribution >= 0.6 is 38.5 Å². The zero-order chi connectivity index (χ0) is 12.3. The van der Waals surface area contributed by atoms with Crippen LogP contribution in [-0.4, -0.2) is 29.2 Å². The first-order chi connectivity index (χ1) is 8.20. The molecule has 1 atom stereocenters. The number of carbonyl (C=O) groups is 1. The molecule has 0 N–H and O–H groups in total. The van der Waals surface area contributed by atoms with E-state index in [9.17, 15) is 4.79 Å². The molecule has 1 aliphatic heterocycles. The Morgan fingerprint density at radius 3 is 3.06 bits per heavy atom. The third-order valence-corrected chi connectivity index (χ3v) is 4.29. The Labute approximate surface area is 124 Å². The third kappa shape index (κ3) is 3.44. The first-order valence-electron chi connectivity index (χ1n) is 5.81. The molecule has 2 nitrogen and oxygen atoms in total. The second-order valence-electron chi connectivity index (χ2n) is 4.39. The van der Waals surface area contributed by atoms with Crippen LogP contribution in [0.25, 0.3) is 0 Å². The Morgan fingerprint density at radius 2 is 2.35 bits per heavy atom. The standard InChI is InChI=1S/C13H15BrINO/c14-6-4-10-5-7-16(9-10)13(17)11-2-1-3-12(15)8-11/h1-3,8,10H,4-7,9H2. The van der Waals surface area contributed by atoms with Crippen molar-refractivity contribution < 1.29 is 4.79 Å². The van der Waals surface area contributed by atoms with Crippen molar-refractivity contribution in [1.82, 2.24) is 4.90 Å². The van der Waals surface area contributed by atoms with E-state index < -0.39 is 0 Å². The number of hydrogen-bond donors (Lipinski definition) is 0. The van der Waals surface area contributed by atoms with Gasteiger partial charge in [0, 0.05) is 27.6 Å². The molecule has 0 bridgehead atoms. The van der Waals surface area contributed by atoms with Crippen LogP contribution < -0.4 is 0 Å². The number of benzene rings is 1. The second-order valence-corrected chi connectivity index (χ2v) is 6.43. The largest absolute Gasteiger partial charge is 0.338 e. The minimum Gasteiger partial charge on any atom is -0.338 e. The van der Waals surface area contributed by atoms with Gasteiger partial charge in [0.05, 0.1) is 0 Å². The van der Waals surface area contributed by atoms with Crippen molar-refractivity contribution in [1.29, 1.82) is 0 Å². The molecule has 1 aliphatic rings. The summed E-state index contributed by atoms with van der Waals surface area (Å²) in [6.07, 6.45) is 2.30. The maximum Gasteiger partial charge on any atom is 0.253 e. The van der Waals surface area contributed by atoms with Crippen LogP contribution in [0.15, 0.2) is 24.3 Å². The van der Waals surface area contributed by atoms with Crippen molar-refractivity contribution in [2.75, 3.05) is 18.4 Å². The average molecular weight is 408 g/mol. The average Bonchev–Trinajstić information content (AvgIpc) is 2.77. The molecule has 0 radical (unpaired) electrons. The Bertz CT molecular complexity index is 410. The van der Waals surface area contributed by atoms with Crippen LogP contribution in [0.5, 0.6) is 0 Å². The minimum atomic E-state index is 0.181. The molecule has 17 heavy (non-hydrogen) atoms. The summed E-state index contributed by atoms with van der Waals surface area (Å²) in [5.74, 6) is 0.849. The van der Waals surface area contributed by atoms with Gasteiger partial charge in [-0.1, -0.05) is 22.0 Å². The molecule has 92 valence electrons. The highest BCUT2D eigenvalue weighted by atomic mass is 127. The summed E-state index contributed by atoms with van der Waals surface area (Å²) >= 11 is 5.71. The summed E-state index contributed by atoms with van der Waals surface area (Å²) in [7, 11) is 0. The molecule has 0 aliphatic carbocycles. The normalized spacial score (nSPS) is 19.6. The lowest BCUT2D eigenvalue weighted by atomic mass is 10.1. The number of nitrogens with zero attached hydrogens (tertiary/aromatic N) is 1. The molecule has 2 rings (SSSR count). The lowest BCUT2D eigenvalue weighted by molar-refractivity contribution is 0.0787. The first kappa shape index (κ1) is 13.3. The van der Waals surface area contributed by atoms with E-state index in [2.05, 4.69) is 38.5 Å². The van der Waals surface area contributed by atoms with Crippen molar-refractivity contribution in [3.63, 3.8) is 0 Å². The van der Waals surface area contributed by atoms with Gasteiger partial charge in [-0.25, -0.2) is 0 Å². The molecule has 1 saturated heterocycles. The van der Waals surface area contributed by atoms with Gasteiger partial charge in [-0.05, 0) is 59.5 Å². The summed E-state index contributed by atoms with van der Waals surface area (Å²) in [5, 5.41) is 1.03. The second kappa shape index (κ2) is 6.18. The van der Waals surface area contributed by atoms with Crippen molar-refractivity contribution in [2.24, 2.45) is 5.92 Å². The Kier molecular flexibility index (Phi) is 4.85. The van der Waals surface area contributed by atoms with Crippen molar-refractivity contribution in [3.8, 4) is 0 Å². The van der Waals surface area contributed by atoms with E-state index in [1.807, 2.05) is 29.2 Å². The number of amides is 1. The smallest absolute Gasteiger partial charge is 0.253 e. The van der Waals surface area contributed by atoms with E-state index in [1.54, 1.807) is 0 Å². The van der Waals surface area contributed by atoms with E-state index in [-0.39, 0.29) is 5.91 Å². The molecule has 0 spiro atoms. The Balaban J connectivity index is 2.02. The fourth-order valence-corrected chi connectivity index (χ4v) is 3.40. The number of carbonyl (C=O) groups excluding carboxylic acids is 1. The monoisotopic (exact) mass is 407 g/mol. The summed E-state index contributed by atoms with van der Waals surface area (Å²) in [5.41, 5.74) is 0.816. The quantitative estimate of drug-likeness (QED) is 0.554. The van der Waals surface area contributed by atoms with Crippen molar-refractivity contribution >= 4 is 44.4 Å². The maximum absolute atomic E-state index is 12.3. The predicted octanol–water partition coefficient (Wildman–Crippen LogP) is 3.54. The molecule has 1 aromatic carbocycles. The first-order valence-corrected chi connectivity index (χ1v) is 8.01. The summed E-state index contributed by atoms with van der Waals surface area (Å²) < 4.78 is 1.12. The van der Waals surface area contributed by atoms with Crippen LogP contribution in [0.1, 0.15) is 23.2 Å². The third-order valence-electron chi connectivity index (χ3n) is 3.16. The highest BCUT2D eigenvalue weighted by Gasteiger charge is 2.26. The van der Waals surface area contributed by atoms with Gasteiger partial charge in [-0.15, -0.1) is 0 Å². The highest BCUT2D eigenvalue weighted by Crippen LogP contribution is 2.22. The van der Waals surface area contributed by atoms with Gasteiger partial charge in [-0.3, -0.25) is 4.79 Å².